The standard InChI is InChI=1S/C46H26BClN2/c48-31-24-41-45-42(25-31)50-39-21-19-29-13-5-8-16-33(29)43(39)44-34-17-9-6-14-30(34)23-37(46(44)50)47(45)36(22-27-10-2-1-3-11-27)40-26-35-32-15-7-4-12-28(32)18-20-38(35)49(40)41/h1-26H/b36-22+. The van der Waals surface area contributed by atoms with Crippen molar-refractivity contribution in [2.45, 2.75) is 0 Å². The van der Waals surface area contributed by atoms with Crippen LogP contribution in [0.4, 0.5) is 0 Å². The maximum absolute atomic E-state index is 7.21. The summed E-state index contributed by atoms with van der Waals surface area (Å²) in [5, 5.41) is 12.2. The van der Waals surface area contributed by atoms with E-state index in [0.717, 1.165) is 16.4 Å². The molecule has 0 spiro atoms. The van der Waals surface area contributed by atoms with Crippen molar-refractivity contribution in [2.24, 2.45) is 0 Å². The summed E-state index contributed by atoms with van der Waals surface area (Å²) >= 11 is 7.21. The van der Waals surface area contributed by atoms with E-state index in [1.54, 1.807) is 0 Å². The van der Waals surface area contributed by atoms with Gasteiger partial charge >= 0.3 is 0 Å². The Bertz CT molecular complexity index is 3170. The van der Waals surface area contributed by atoms with Crippen molar-refractivity contribution < 1.29 is 0 Å². The van der Waals surface area contributed by atoms with E-state index in [9.17, 15) is 0 Å². The molecule has 2 aliphatic rings. The summed E-state index contributed by atoms with van der Waals surface area (Å²) in [6.07, 6.45) is 2.42. The van der Waals surface area contributed by atoms with E-state index in [0.29, 0.717) is 0 Å². The van der Waals surface area contributed by atoms with Gasteiger partial charge in [0.25, 0.3) is 6.71 Å². The van der Waals surface area contributed by atoms with Crippen molar-refractivity contribution in [3.05, 3.63) is 168 Å². The second-order valence-electron chi connectivity index (χ2n) is 13.8. The minimum Gasteiger partial charge on any atom is -0.311 e. The third-order valence-electron chi connectivity index (χ3n) is 11.3. The third kappa shape index (κ3) is 3.35. The van der Waals surface area contributed by atoms with Gasteiger partial charge in [0.1, 0.15) is 0 Å². The molecule has 0 fully saturated rings. The van der Waals surface area contributed by atoms with E-state index < -0.39 is 0 Å². The SMILES string of the molecule is Clc1cc2c3c(c1)-n1c4ccc5ccccc5c4c4c5ccccc5cc(c41)B3/C(=C/c1ccccc1)c1cc3c4ccccc4ccc3n1-2. The van der Waals surface area contributed by atoms with Crippen LogP contribution in [0.2, 0.25) is 5.02 Å². The molecule has 50 heavy (non-hydrogen) atoms. The van der Waals surface area contributed by atoms with Gasteiger partial charge in [0.05, 0.1) is 16.6 Å². The van der Waals surface area contributed by atoms with E-state index in [1.165, 1.54) is 92.7 Å². The van der Waals surface area contributed by atoms with E-state index in [4.69, 9.17) is 11.6 Å². The summed E-state index contributed by atoms with van der Waals surface area (Å²) in [5.74, 6) is 0. The summed E-state index contributed by atoms with van der Waals surface area (Å²) in [6, 6.07) is 55.7. The van der Waals surface area contributed by atoms with Gasteiger partial charge in [0, 0.05) is 38.3 Å². The fourth-order valence-electron chi connectivity index (χ4n) is 9.35. The van der Waals surface area contributed by atoms with Gasteiger partial charge < -0.3 is 9.13 Å². The Morgan fingerprint density at radius 3 is 1.90 bits per heavy atom. The highest BCUT2D eigenvalue weighted by Gasteiger charge is 2.42. The molecule has 230 valence electrons. The average Bonchev–Trinajstić information content (AvgIpc) is 3.73. The number of hydrogen-bond donors (Lipinski definition) is 0. The van der Waals surface area contributed by atoms with Crippen molar-refractivity contribution >= 4 is 106 Å². The van der Waals surface area contributed by atoms with Crippen LogP contribution in [-0.2, 0) is 0 Å². The van der Waals surface area contributed by atoms with Crippen molar-refractivity contribution in [1.29, 1.82) is 0 Å². The number of aromatic nitrogens is 2. The molecule has 2 aromatic heterocycles. The number of fused-ring (bicyclic) bond motifs is 15. The molecular formula is C46H26BClN2. The van der Waals surface area contributed by atoms with E-state index in [-0.39, 0.29) is 6.71 Å². The van der Waals surface area contributed by atoms with Crippen LogP contribution in [0, 0.1) is 0 Å². The molecule has 4 heteroatoms. The predicted molar refractivity (Wildman–Crippen MR) is 214 cm³/mol. The highest BCUT2D eigenvalue weighted by Crippen LogP contribution is 2.46. The lowest BCUT2D eigenvalue weighted by molar-refractivity contribution is 1.09. The minimum absolute atomic E-state index is 0.00395. The fourth-order valence-corrected chi connectivity index (χ4v) is 9.56. The Hall–Kier alpha value is -6.03. The van der Waals surface area contributed by atoms with Gasteiger partial charge in [-0.05, 0) is 84.6 Å². The van der Waals surface area contributed by atoms with Crippen LogP contribution < -0.4 is 10.9 Å². The molecular weight excluding hydrogens is 627 g/mol. The molecule has 0 amide bonds. The summed E-state index contributed by atoms with van der Waals surface area (Å²) < 4.78 is 4.99. The number of rotatable bonds is 1. The molecule has 0 bridgehead atoms. The van der Waals surface area contributed by atoms with Gasteiger partial charge in [-0.25, -0.2) is 0 Å². The Morgan fingerprint density at radius 2 is 1.12 bits per heavy atom. The van der Waals surface area contributed by atoms with Crippen LogP contribution >= 0.6 is 11.6 Å². The minimum atomic E-state index is -0.00395. The molecule has 2 nitrogen and oxygen atoms in total. The third-order valence-corrected chi connectivity index (χ3v) is 11.5. The first-order valence-electron chi connectivity index (χ1n) is 17.2. The molecule has 0 N–H and O–H groups in total. The van der Waals surface area contributed by atoms with E-state index in [2.05, 4.69) is 167 Å². The number of benzene rings is 8. The van der Waals surface area contributed by atoms with Crippen molar-refractivity contribution in [1.82, 2.24) is 9.13 Å². The fraction of sp³-hybridized carbons (Fsp3) is 0. The first kappa shape index (κ1) is 26.9. The Kier molecular flexibility index (Phi) is 5.14. The Morgan fingerprint density at radius 1 is 0.500 bits per heavy atom. The van der Waals surface area contributed by atoms with Crippen LogP contribution in [0.15, 0.2) is 152 Å². The van der Waals surface area contributed by atoms with Crippen molar-refractivity contribution in [2.75, 3.05) is 0 Å². The van der Waals surface area contributed by atoms with Gasteiger partial charge in [-0.15, -0.1) is 0 Å². The maximum Gasteiger partial charge on any atom is 0.252 e. The van der Waals surface area contributed by atoms with E-state index in [1.807, 2.05) is 0 Å². The zero-order valence-electron chi connectivity index (χ0n) is 26.9. The zero-order valence-corrected chi connectivity index (χ0v) is 27.6. The Labute approximate surface area is 293 Å². The van der Waals surface area contributed by atoms with Crippen molar-refractivity contribution in [3.63, 3.8) is 0 Å². The Balaban J connectivity index is 1.33. The van der Waals surface area contributed by atoms with Crippen molar-refractivity contribution in [3.8, 4) is 11.4 Å². The van der Waals surface area contributed by atoms with Gasteiger partial charge in [-0.1, -0.05) is 139 Å². The predicted octanol–water partition coefficient (Wildman–Crippen LogP) is 10.9. The van der Waals surface area contributed by atoms with Crippen LogP contribution in [-0.4, -0.2) is 15.8 Å². The first-order valence-corrected chi connectivity index (χ1v) is 17.6. The summed E-state index contributed by atoms with van der Waals surface area (Å²) in [4.78, 5) is 0. The zero-order chi connectivity index (χ0) is 32.7. The molecule has 0 unspecified atom stereocenters. The molecule has 2 aliphatic heterocycles. The molecule has 0 aliphatic carbocycles. The molecule has 12 rings (SSSR count). The lowest BCUT2D eigenvalue weighted by Crippen LogP contribution is -2.53. The van der Waals surface area contributed by atoms with Gasteiger partial charge in [0.2, 0.25) is 0 Å². The molecule has 0 saturated heterocycles. The molecule has 8 aromatic carbocycles. The lowest BCUT2D eigenvalue weighted by Gasteiger charge is -2.35. The number of halogens is 1. The summed E-state index contributed by atoms with van der Waals surface area (Å²) in [5.41, 5.74) is 12.3. The molecule has 4 heterocycles. The topological polar surface area (TPSA) is 9.86 Å². The quantitative estimate of drug-likeness (QED) is 0.156. The second kappa shape index (κ2) is 9.56. The van der Waals surface area contributed by atoms with Crippen LogP contribution in [0.25, 0.3) is 87.9 Å². The van der Waals surface area contributed by atoms with Crippen LogP contribution in [0.5, 0.6) is 0 Å². The summed E-state index contributed by atoms with van der Waals surface area (Å²) in [6.45, 7) is -0.00395. The molecule has 0 radical (unpaired) electrons. The average molecular weight is 653 g/mol. The number of hydrogen-bond acceptors (Lipinski definition) is 0. The van der Waals surface area contributed by atoms with Gasteiger partial charge in [-0.2, -0.15) is 0 Å². The highest BCUT2D eigenvalue weighted by atomic mass is 35.5. The van der Waals surface area contributed by atoms with Gasteiger partial charge in [-0.3, -0.25) is 0 Å². The van der Waals surface area contributed by atoms with Crippen LogP contribution in [0.1, 0.15) is 11.3 Å². The largest absolute Gasteiger partial charge is 0.311 e. The maximum atomic E-state index is 7.21. The highest BCUT2D eigenvalue weighted by molar-refractivity contribution is 7.03. The monoisotopic (exact) mass is 652 g/mol. The smallest absolute Gasteiger partial charge is 0.252 e. The van der Waals surface area contributed by atoms with E-state index >= 15 is 0 Å². The number of nitrogens with zero attached hydrogens (tertiary/aromatic N) is 2. The first-order chi connectivity index (χ1) is 24.7. The molecule has 0 saturated carbocycles. The molecule has 10 aromatic rings. The lowest BCUT2D eigenvalue weighted by atomic mass is 9.33. The van der Waals surface area contributed by atoms with Crippen LogP contribution in [0.3, 0.4) is 0 Å². The normalized spacial score (nSPS) is 14.1. The molecule has 0 atom stereocenters. The van der Waals surface area contributed by atoms with Gasteiger partial charge in [0.15, 0.2) is 0 Å². The second-order valence-corrected chi connectivity index (χ2v) is 14.2. The summed E-state index contributed by atoms with van der Waals surface area (Å²) in [7, 11) is 0.